The molecule has 0 amide bonds. The van der Waals surface area contributed by atoms with E-state index >= 15 is 0 Å². The van der Waals surface area contributed by atoms with Gasteiger partial charge in [0, 0.05) is 12.4 Å². The van der Waals surface area contributed by atoms with Crippen LogP contribution in [-0.2, 0) is 0 Å². The second-order valence-corrected chi connectivity index (χ2v) is 2.63. The minimum atomic E-state index is 0.688. The van der Waals surface area contributed by atoms with Crippen LogP contribution in [0.2, 0.25) is 0 Å². The zero-order chi connectivity index (χ0) is 12.2. The van der Waals surface area contributed by atoms with E-state index in [1.807, 2.05) is 26.0 Å². The van der Waals surface area contributed by atoms with Gasteiger partial charge in [-0.15, -0.1) is 0 Å². The number of rotatable bonds is 4. The van der Waals surface area contributed by atoms with Crippen LogP contribution in [0.1, 0.15) is 13.8 Å². The van der Waals surface area contributed by atoms with Gasteiger partial charge in [0.1, 0.15) is 11.4 Å². The molecule has 0 saturated carbocycles. The molecule has 0 bridgehead atoms. The second-order valence-electron chi connectivity index (χ2n) is 2.63. The monoisotopic (exact) mass is 212 g/mol. The van der Waals surface area contributed by atoms with Gasteiger partial charge in [0.15, 0.2) is 0 Å². The zero-order valence-electron chi connectivity index (χ0n) is 9.77. The predicted octanol–water partition coefficient (Wildman–Crippen LogP) is 3.31. The minimum Gasteiger partial charge on any atom is -0.248 e. The summed E-state index contributed by atoms with van der Waals surface area (Å²) in [6.45, 7) is 10.9. The van der Waals surface area contributed by atoms with Gasteiger partial charge in [-0.1, -0.05) is 37.5 Å². The number of aliphatic imine (C=N–C) groups is 2. The normalized spacial score (nSPS) is 12.6. The molecule has 0 radical (unpaired) electrons. The number of hydrogen-bond acceptors (Lipinski definition) is 2. The number of nitrogens with zero attached hydrogens (tertiary/aromatic N) is 2. The largest absolute Gasteiger partial charge is 0.248 e. The fourth-order valence-electron chi connectivity index (χ4n) is 0.752. The third-order valence-corrected chi connectivity index (χ3v) is 1.50. The van der Waals surface area contributed by atoms with E-state index in [0.29, 0.717) is 11.4 Å². The van der Waals surface area contributed by atoms with Crippen LogP contribution in [-0.4, -0.2) is 12.4 Å². The van der Waals surface area contributed by atoms with E-state index < -0.39 is 0 Å². The first-order chi connectivity index (χ1) is 7.78. The molecule has 0 aromatic heterocycles. The summed E-state index contributed by atoms with van der Waals surface area (Å²) >= 11 is 0. The highest BCUT2D eigenvalue weighted by atomic mass is 14.7. The van der Waals surface area contributed by atoms with Gasteiger partial charge >= 0.3 is 0 Å². The molecule has 82 valence electrons. The Morgan fingerprint density at radius 2 is 1.25 bits per heavy atom. The van der Waals surface area contributed by atoms with Gasteiger partial charge in [0.05, 0.1) is 0 Å². The van der Waals surface area contributed by atoms with Gasteiger partial charge in [-0.25, -0.2) is 9.98 Å². The summed E-state index contributed by atoms with van der Waals surface area (Å²) in [7, 11) is 0. The van der Waals surface area contributed by atoms with Crippen LogP contribution in [0.15, 0.2) is 58.8 Å². The lowest BCUT2D eigenvalue weighted by Gasteiger charge is -1.88. The highest BCUT2D eigenvalue weighted by molar-refractivity contribution is 5.73. The summed E-state index contributed by atoms with van der Waals surface area (Å²) in [6.07, 6.45) is 10.1. The molecule has 0 aliphatic carbocycles. The highest BCUT2D eigenvalue weighted by Gasteiger charge is 1.85. The maximum Gasteiger partial charge on any atom is 0.109 e. The van der Waals surface area contributed by atoms with E-state index in [0.717, 1.165) is 0 Å². The summed E-state index contributed by atoms with van der Waals surface area (Å²) in [5.41, 5.74) is 1.38. The molecular weight excluding hydrogens is 196 g/mol. The van der Waals surface area contributed by atoms with Crippen molar-refractivity contribution < 1.29 is 0 Å². The van der Waals surface area contributed by atoms with Gasteiger partial charge in [0.25, 0.3) is 0 Å². The van der Waals surface area contributed by atoms with E-state index in [1.165, 1.54) is 0 Å². The molecule has 0 aromatic rings. The Balaban J connectivity index is 4.80. The van der Waals surface area contributed by atoms with Gasteiger partial charge in [-0.3, -0.25) is 0 Å². The molecule has 0 atom stereocenters. The fourth-order valence-corrected chi connectivity index (χ4v) is 0.752. The van der Waals surface area contributed by atoms with Crippen molar-refractivity contribution >= 4 is 12.4 Å². The highest BCUT2D eigenvalue weighted by Crippen LogP contribution is 1.97. The van der Waals surface area contributed by atoms with E-state index in [1.54, 1.807) is 24.6 Å². The van der Waals surface area contributed by atoms with Gasteiger partial charge < -0.3 is 0 Å². The molecule has 0 aliphatic heterocycles. The van der Waals surface area contributed by atoms with Crippen LogP contribution in [0, 0.1) is 11.8 Å². The van der Waals surface area contributed by atoms with Crippen LogP contribution < -0.4 is 0 Å². The Labute approximate surface area is 97.5 Å². The van der Waals surface area contributed by atoms with Crippen LogP contribution in [0.3, 0.4) is 0 Å². The van der Waals surface area contributed by atoms with Crippen LogP contribution >= 0.6 is 0 Å². The lowest BCUT2D eigenvalue weighted by atomic mass is 10.3. The average molecular weight is 212 g/mol. The third kappa shape index (κ3) is 6.33. The average Bonchev–Trinajstić information content (AvgIpc) is 2.33. The van der Waals surface area contributed by atoms with Crippen molar-refractivity contribution in [3.8, 4) is 11.8 Å². The molecule has 2 nitrogen and oxygen atoms in total. The second kappa shape index (κ2) is 9.42. The first kappa shape index (κ1) is 13.9. The van der Waals surface area contributed by atoms with Crippen molar-refractivity contribution in [2.45, 2.75) is 13.8 Å². The summed E-state index contributed by atoms with van der Waals surface area (Å²) in [5.74, 6) is 5.83. The smallest absolute Gasteiger partial charge is 0.109 e. The molecule has 0 aliphatic rings. The molecule has 0 aromatic carbocycles. The molecule has 2 heteroatoms. The zero-order valence-corrected chi connectivity index (χ0v) is 9.77. The maximum absolute atomic E-state index is 4.09. The first-order valence-corrected chi connectivity index (χ1v) is 4.93. The van der Waals surface area contributed by atoms with E-state index in [4.69, 9.17) is 0 Å². The molecule has 0 unspecified atom stereocenters. The third-order valence-electron chi connectivity index (χ3n) is 1.50. The van der Waals surface area contributed by atoms with Crippen molar-refractivity contribution in [3.05, 3.63) is 48.9 Å². The minimum absolute atomic E-state index is 0.688. The molecule has 0 heterocycles. The molecule has 0 spiro atoms. The fraction of sp³-hybridized carbons (Fsp3) is 0.143. The van der Waals surface area contributed by atoms with Gasteiger partial charge in [-0.05, 0) is 25.7 Å². The Bertz CT molecular complexity index is 372. The van der Waals surface area contributed by atoms with Crippen LogP contribution in [0.5, 0.6) is 0 Å². The van der Waals surface area contributed by atoms with Gasteiger partial charge in [0.2, 0.25) is 0 Å². The Morgan fingerprint density at radius 3 is 1.50 bits per heavy atom. The molecule has 0 saturated heterocycles. The van der Waals surface area contributed by atoms with Crippen molar-refractivity contribution in [2.24, 2.45) is 9.98 Å². The Kier molecular flexibility index (Phi) is 8.16. The lowest BCUT2D eigenvalue weighted by molar-refractivity contribution is 1.41. The van der Waals surface area contributed by atoms with E-state index in [-0.39, 0.29) is 0 Å². The summed E-state index contributed by atoms with van der Waals surface area (Å²) in [5, 5.41) is 0. The molecule has 0 N–H and O–H groups in total. The topological polar surface area (TPSA) is 24.7 Å². The molecule has 0 fully saturated rings. The van der Waals surface area contributed by atoms with Crippen molar-refractivity contribution in [1.82, 2.24) is 0 Å². The quantitative estimate of drug-likeness (QED) is 0.504. The summed E-state index contributed by atoms with van der Waals surface area (Å²) in [4.78, 5) is 8.18. The lowest BCUT2D eigenvalue weighted by Crippen LogP contribution is -1.76. The van der Waals surface area contributed by atoms with Crippen LogP contribution in [0.25, 0.3) is 0 Å². The van der Waals surface area contributed by atoms with E-state index in [9.17, 15) is 0 Å². The van der Waals surface area contributed by atoms with E-state index in [2.05, 4.69) is 35.0 Å². The Hall–Kier alpha value is -2.14. The SMILES string of the molecule is C=C/C=N\C(C#CC(=C/C)/N=C\C=C)=C/C. The van der Waals surface area contributed by atoms with Crippen LogP contribution in [0.4, 0.5) is 0 Å². The maximum atomic E-state index is 4.09. The number of hydrogen-bond donors (Lipinski definition) is 0. The summed E-state index contributed by atoms with van der Waals surface area (Å²) < 4.78 is 0. The molecule has 16 heavy (non-hydrogen) atoms. The Morgan fingerprint density at radius 1 is 0.875 bits per heavy atom. The van der Waals surface area contributed by atoms with Crippen molar-refractivity contribution in [1.29, 1.82) is 0 Å². The van der Waals surface area contributed by atoms with Crippen molar-refractivity contribution in [2.75, 3.05) is 0 Å². The predicted molar refractivity (Wildman–Crippen MR) is 72.7 cm³/mol. The molecular formula is C14H16N2. The first-order valence-electron chi connectivity index (χ1n) is 4.93. The summed E-state index contributed by atoms with van der Waals surface area (Å²) in [6, 6.07) is 0. The molecule has 0 rings (SSSR count). The van der Waals surface area contributed by atoms with Gasteiger partial charge in [-0.2, -0.15) is 0 Å². The van der Waals surface area contributed by atoms with Crippen molar-refractivity contribution in [3.63, 3.8) is 0 Å². The number of allylic oxidation sites excluding steroid dienone is 6. The standard InChI is InChI=1S/C14H16N2/c1-5-11-15-13(7-3)9-10-14(8-4)16-12-6-2/h5-8,11-12H,1-2H2,3-4H3/b13-7-,14-8-,15-11-,16-12-.